The summed E-state index contributed by atoms with van der Waals surface area (Å²) in [5.74, 6) is 0.299. The first kappa shape index (κ1) is 15.5. The van der Waals surface area contributed by atoms with Crippen molar-refractivity contribution >= 4 is 43.5 Å². The second-order valence-corrected chi connectivity index (χ2v) is 7.19. The number of hydrogen-bond acceptors (Lipinski definition) is 3. The molecule has 0 aliphatic carbocycles. The van der Waals surface area contributed by atoms with Crippen LogP contribution in [0.2, 0.25) is 0 Å². The number of allylic oxidation sites excluding steroid dienone is 1. The van der Waals surface area contributed by atoms with E-state index >= 15 is 0 Å². The zero-order valence-electron chi connectivity index (χ0n) is 12.2. The van der Waals surface area contributed by atoms with Crippen molar-refractivity contribution in [1.82, 2.24) is 14.8 Å². The van der Waals surface area contributed by atoms with Gasteiger partial charge in [0.2, 0.25) is 5.95 Å². The van der Waals surface area contributed by atoms with Crippen LogP contribution >= 0.6 is 31.9 Å². The number of hydrogen-bond donors (Lipinski definition) is 1. The second kappa shape index (κ2) is 6.14. The van der Waals surface area contributed by atoms with Crippen LogP contribution in [0.5, 0.6) is 0 Å². The average Bonchev–Trinajstić information content (AvgIpc) is 3.05. The third kappa shape index (κ3) is 2.78. The van der Waals surface area contributed by atoms with Crippen molar-refractivity contribution < 1.29 is 4.39 Å². The van der Waals surface area contributed by atoms with Crippen LogP contribution in [-0.4, -0.2) is 14.8 Å². The SMILES string of the molecule is Fc1ccc(Br)cc1C1C=C(c2cccc(Br)c2)Nc2ncnn21. The maximum Gasteiger partial charge on any atom is 0.226 e. The van der Waals surface area contributed by atoms with Crippen molar-refractivity contribution in [3.63, 3.8) is 0 Å². The number of aromatic nitrogens is 3. The van der Waals surface area contributed by atoms with Gasteiger partial charge in [0.1, 0.15) is 18.2 Å². The largest absolute Gasteiger partial charge is 0.324 e. The van der Waals surface area contributed by atoms with E-state index in [1.807, 2.05) is 30.3 Å². The van der Waals surface area contributed by atoms with E-state index in [1.54, 1.807) is 16.8 Å². The standard InChI is InChI=1S/C17H11Br2FN4/c18-11-3-1-2-10(6-11)15-8-16(24-17(23-15)21-9-22-24)13-7-12(19)4-5-14(13)20/h1-9,16H,(H,21,22,23). The number of fused-ring (bicyclic) bond motifs is 1. The number of benzene rings is 2. The summed E-state index contributed by atoms with van der Waals surface area (Å²) >= 11 is 6.89. The fraction of sp³-hybridized carbons (Fsp3) is 0.0588. The third-order valence-corrected chi connectivity index (χ3v) is 4.81. The van der Waals surface area contributed by atoms with Crippen molar-refractivity contribution in [2.45, 2.75) is 6.04 Å². The molecule has 2 heterocycles. The zero-order valence-corrected chi connectivity index (χ0v) is 15.4. The molecule has 0 radical (unpaired) electrons. The fourth-order valence-electron chi connectivity index (χ4n) is 2.72. The van der Waals surface area contributed by atoms with Crippen molar-refractivity contribution in [3.8, 4) is 0 Å². The van der Waals surface area contributed by atoms with Crippen LogP contribution < -0.4 is 5.32 Å². The normalized spacial score (nSPS) is 16.3. The predicted molar refractivity (Wildman–Crippen MR) is 98.0 cm³/mol. The highest BCUT2D eigenvalue weighted by atomic mass is 79.9. The molecular formula is C17H11Br2FN4. The molecule has 1 atom stereocenters. The lowest BCUT2D eigenvalue weighted by molar-refractivity contribution is 0.551. The number of anilines is 1. The van der Waals surface area contributed by atoms with Gasteiger partial charge in [0.05, 0.1) is 0 Å². The minimum Gasteiger partial charge on any atom is -0.324 e. The number of rotatable bonds is 2. The van der Waals surface area contributed by atoms with Gasteiger partial charge in [0.15, 0.2) is 0 Å². The van der Waals surface area contributed by atoms with Gasteiger partial charge < -0.3 is 5.32 Å². The van der Waals surface area contributed by atoms with Gasteiger partial charge in [-0.05, 0) is 42.0 Å². The van der Waals surface area contributed by atoms with Crippen LogP contribution in [0.3, 0.4) is 0 Å². The van der Waals surface area contributed by atoms with E-state index in [0.29, 0.717) is 11.5 Å². The monoisotopic (exact) mass is 448 g/mol. The van der Waals surface area contributed by atoms with Crippen LogP contribution in [0.4, 0.5) is 10.3 Å². The molecule has 0 fully saturated rings. The van der Waals surface area contributed by atoms with Crippen molar-refractivity contribution in [2.24, 2.45) is 0 Å². The maximum atomic E-state index is 14.4. The first-order valence-electron chi connectivity index (χ1n) is 7.21. The molecule has 1 aliphatic heterocycles. The van der Waals surface area contributed by atoms with E-state index in [2.05, 4.69) is 47.3 Å². The number of nitrogens with zero attached hydrogens (tertiary/aromatic N) is 3. The van der Waals surface area contributed by atoms with Gasteiger partial charge in [-0.25, -0.2) is 9.07 Å². The van der Waals surface area contributed by atoms with Crippen LogP contribution in [0, 0.1) is 5.82 Å². The molecule has 0 saturated carbocycles. The molecule has 7 heteroatoms. The molecule has 0 amide bonds. The lowest BCUT2D eigenvalue weighted by Gasteiger charge is -2.25. The summed E-state index contributed by atoms with van der Waals surface area (Å²) in [6.07, 6.45) is 3.41. The van der Waals surface area contributed by atoms with Crippen molar-refractivity contribution in [2.75, 3.05) is 5.32 Å². The molecule has 4 nitrogen and oxygen atoms in total. The number of halogens is 3. The van der Waals surface area contributed by atoms with Gasteiger partial charge in [-0.2, -0.15) is 10.1 Å². The summed E-state index contributed by atoms with van der Waals surface area (Å²) < 4.78 is 17.9. The van der Waals surface area contributed by atoms with E-state index in [1.165, 1.54) is 12.4 Å². The Bertz CT molecular complexity index is 951. The van der Waals surface area contributed by atoms with Gasteiger partial charge in [-0.15, -0.1) is 0 Å². The molecule has 1 unspecified atom stereocenters. The first-order chi connectivity index (χ1) is 11.6. The Morgan fingerprint density at radius 2 is 1.92 bits per heavy atom. The van der Waals surface area contributed by atoms with Gasteiger partial charge in [0, 0.05) is 20.2 Å². The molecule has 0 spiro atoms. The Labute approximate surface area is 154 Å². The highest BCUT2D eigenvalue weighted by Crippen LogP contribution is 2.34. The quantitative estimate of drug-likeness (QED) is 0.598. The van der Waals surface area contributed by atoms with Crippen LogP contribution in [0.25, 0.3) is 5.70 Å². The third-order valence-electron chi connectivity index (χ3n) is 3.82. The molecule has 0 bridgehead atoms. The fourth-order valence-corrected chi connectivity index (χ4v) is 3.50. The Balaban J connectivity index is 1.87. The topological polar surface area (TPSA) is 42.7 Å². The van der Waals surface area contributed by atoms with Gasteiger partial charge in [0.25, 0.3) is 0 Å². The summed E-state index contributed by atoms with van der Waals surface area (Å²) in [6, 6.07) is 12.4. The smallest absolute Gasteiger partial charge is 0.226 e. The Hall–Kier alpha value is -1.99. The minimum atomic E-state index is -0.379. The average molecular weight is 450 g/mol. The van der Waals surface area contributed by atoms with E-state index in [0.717, 1.165) is 20.2 Å². The highest BCUT2D eigenvalue weighted by molar-refractivity contribution is 9.10. The van der Waals surface area contributed by atoms with Crippen LogP contribution in [0.1, 0.15) is 17.2 Å². The summed E-state index contributed by atoms with van der Waals surface area (Å²) in [7, 11) is 0. The molecule has 1 aliphatic rings. The second-order valence-electron chi connectivity index (χ2n) is 5.35. The van der Waals surface area contributed by atoms with E-state index in [4.69, 9.17) is 0 Å². The molecular weight excluding hydrogens is 439 g/mol. The van der Waals surface area contributed by atoms with E-state index in [9.17, 15) is 4.39 Å². The minimum absolute atomic E-state index is 0.281. The lowest BCUT2D eigenvalue weighted by Crippen LogP contribution is -2.21. The molecule has 1 aromatic heterocycles. The van der Waals surface area contributed by atoms with Gasteiger partial charge in [-0.3, -0.25) is 0 Å². The van der Waals surface area contributed by atoms with Crippen molar-refractivity contribution in [3.05, 3.63) is 80.8 Å². The first-order valence-corrected chi connectivity index (χ1v) is 8.79. The molecule has 24 heavy (non-hydrogen) atoms. The predicted octanol–water partition coefficient (Wildman–Crippen LogP) is 5.00. The molecule has 0 saturated heterocycles. The zero-order chi connectivity index (χ0) is 16.7. The summed E-state index contributed by atoms with van der Waals surface area (Å²) in [5, 5.41) is 7.49. The molecule has 3 aromatic rings. The van der Waals surface area contributed by atoms with Crippen LogP contribution in [0.15, 0.2) is 63.8 Å². The Morgan fingerprint density at radius 3 is 2.75 bits per heavy atom. The number of nitrogens with one attached hydrogen (secondary N) is 1. The maximum absolute atomic E-state index is 14.4. The van der Waals surface area contributed by atoms with Gasteiger partial charge >= 0.3 is 0 Å². The molecule has 4 rings (SSSR count). The van der Waals surface area contributed by atoms with Crippen LogP contribution in [-0.2, 0) is 0 Å². The highest BCUT2D eigenvalue weighted by Gasteiger charge is 2.25. The molecule has 120 valence electrons. The van der Waals surface area contributed by atoms with E-state index < -0.39 is 0 Å². The summed E-state index contributed by atoms with van der Waals surface area (Å²) in [5.41, 5.74) is 2.38. The molecule has 1 N–H and O–H groups in total. The van der Waals surface area contributed by atoms with E-state index in [-0.39, 0.29) is 11.9 Å². The lowest BCUT2D eigenvalue weighted by atomic mass is 10.0. The van der Waals surface area contributed by atoms with Crippen molar-refractivity contribution in [1.29, 1.82) is 0 Å². The molecule has 2 aromatic carbocycles. The summed E-state index contributed by atoms with van der Waals surface area (Å²) in [6.45, 7) is 0. The van der Waals surface area contributed by atoms with Gasteiger partial charge in [-0.1, -0.05) is 44.0 Å². The Kier molecular flexibility index (Phi) is 3.97. The Morgan fingerprint density at radius 1 is 1.08 bits per heavy atom. The summed E-state index contributed by atoms with van der Waals surface area (Å²) in [4.78, 5) is 4.24.